The largest absolute Gasteiger partial charge is 0.481 e. The van der Waals surface area contributed by atoms with Crippen LogP contribution in [0.15, 0.2) is 0 Å². The molecule has 1 rings (SSSR count). The number of nitrogens with one attached hydrogen (secondary N) is 1. The maximum absolute atomic E-state index is 12.0. The smallest absolute Gasteiger partial charge is 0.304 e. The quantitative estimate of drug-likeness (QED) is 0.705. The van der Waals surface area contributed by atoms with Gasteiger partial charge < -0.3 is 15.2 Å². The molecule has 0 radical (unpaired) electrons. The zero-order valence-electron chi connectivity index (χ0n) is 11.0. The van der Waals surface area contributed by atoms with E-state index in [1.165, 1.54) is 0 Å². The molecule has 6 heteroatoms. The number of morpholine rings is 1. The van der Waals surface area contributed by atoms with E-state index < -0.39 is 5.97 Å². The first-order valence-electron chi connectivity index (χ1n) is 6.39. The zero-order chi connectivity index (χ0) is 13.5. The summed E-state index contributed by atoms with van der Waals surface area (Å²) in [4.78, 5) is 24.6. The van der Waals surface area contributed by atoms with E-state index in [1.807, 2.05) is 18.7 Å². The average Bonchev–Trinajstić information content (AvgIpc) is 2.35. The molecule has 0 spiro atoms. The molecule has 104 valence electrons. The lowest BCUT2D eigenvalue weighted by Gasteiger charge is -2.38. The molecule has 0 aliphatic carbocycles. The highest BCUT2D eigenvalue weighted by atomic mass is 16.5. The van der Waals surface area contributed by atoms with E-state index in [0.717, 1.165) is 6.42 Å². The van der Waals surface area contributed by atoms with Gasteiger partial charge in [0.1, 0.15) is 6.04 Å². The standard InChI is InChI=1S/C12H22N2O4/c1-3-4-13-12(17)10-8-18-6-5-14(10)9(2)7-11(15)16/h9-10H,3-8H2,1-2H3,(H,13,17)(H,15,16). The van der Waals surface area contributed by atoms with Crippen molar-refractivity contribution in [2.24, 2.45) is 0 Å². The molecule has 1 fully saturated rings. The Bertz CT molecular complexity index is 296. The second-order valence-corrected chi connectivity index (χ2v) is 4.57. The average molecular weight is 258 g/mol. The third-order valence-electron chi connectivity index (χ3n) is 3.06. The molecular weight excluding hydrogens is 236 g/mol. The highest BCUT2D eigenvalue weighted by Gasteiger charge is 2.32. The molecule has 1 amide bonds. The van der Waals surface area contributed by atoms with Gasteiger partial charge in [0.15, 0.2) is 0 Å². The van der Waals surface area contributed by atoms with Gasteiger partial charge in [0.05, 0.1) is 19.6 Å². The van der Waals surface area contributed by atoms with Gasteiger partial charge in [-0.15, -0.1) is 0 Å². The minimum Gasteiger partial charge on any atom is -0.481 e. The summed E-state index contributed by atoms with van der Waals surface area (Å²) < 4.78 is 5.32. The van der Waals surface area contributed by atoms with Crippen LogP contribution in [0.1, 0.15) is 26.7 Å². The van der Waals surface area contributed by atoms with Crippen molar-refractivity contribution in [1.82, 2.24) is 10.2 Å². The van der Waals surface area contributed by atoms with Gasteiger partial charge in [-0.1, -0.05) is 6.92 Å². The summed E-state index contributed by atoms with van der Waals surface area (Å²) in [6.07, 6.45) is 0.918. The maximum Gasteiger partial charge on any atom is 0.304 e. The van der Waals surface area contributed by atoms with Crippen molar-refractivity contribution in [3.8, 4) is 0 Å². The molecule has 2 unspecified atom stereocenters. The van der Waals surface area contributed by atoms with Crippen LogP contribution in [-0.2, 0) is 14.3 Å². The summed E-state index contributed by atoms with van der Waals surface area (Å²) in [5.74, 6) is -0.921. The SMILES string of the molecule is CCCNC(=O)C1COCCN1C(C)CC(=O)O. The van der Waals surface area contributed by atoms with Crippen molar-refractivity contribution in [2.45, 2.75) is 38.8 Å². The third kappa shape index (κ3) is 4.27. The van der Waals surface area contributed by atoms with Gasteiger partial charge in [-0.2, -0.15) is 0 Å². The number of carboxylic acid groups (broad SMARTS) is 1. The lowest BCUT2D eigenvalue weighted by molar-refractivity contribution is -0.142. The summed E-state index contributed by atoms with van der Waals surface area (Å²) in [7, 11) is 0. The molecule has 0 saturated carbocycles. The van der Waals surface area contributed by atoms with Crippen molar-refractivity contribution >= 4 is 11.9 Å². The van der Waals surface area contributed by atoms with Crippen LogP contribution in [0.4, 0.5) is 0 Å². The van der Waals surface area contributed by atoms with Gasteiger partial charge in [0.2, 0.25) is 5.91 Å². The summed E-state index contributed by atoms with van der Waals surface area (Å²) in [6.45, 7) is 5.93. The van der Waals surface area contributed by atoms with E-state index >= 15 is 0 Å². The maximum atomic E-state index is 12.0. The van der Waals surface area contributed by atoms with Crippen LogP contribution in [-0.4, -0.2) is 60.3 Å². The minimum atomic E-state index is -0.846. The molecule has 0 aromatic carbocycles. The summed E-state index contributed by atoms with van der Waals surface area (Å²) >= 11 is 0. The normalized spacial score (nSPS) is 22.4. The van der Waals surface area contributed by atoms with Crippen LogP contribution in [0.2, 0.25) is 0 Å². The second kappa shape index (κ2) is 7.33. The molecule has 6 nitrogen and oxygen atoms in total. The van der Waals surface area contributed by atoms with Crippen LogP contribution in [0.5, 0.6) is 0 Å². The topological polar surface area (TPSA) is 78.9 Å². The van der Waals surface area contributed by atoms with Gasteiger partial charge in [0.25, 0.3) is 0 Å². The highest BCUT2D eigenvalue weighted by molar-refractivity contribution is 5.82. The molecule has 0 aromatic heterocycles. The lowest BCUT2D eigenvalue weighted by atomic mass is 10.1. The number of rotatable bonds is 6. The predicted octanol–water partition coefficient (Wildman–Crippen LogP) is 0.0766. The Morgan fingerprint density at radius 3 is 2.89 bits per heavy atom. The Morgan fingerprint density at radius 1 is 1.56 bits per heavy atom. The Balaban J connectivity index is 2.61. The Morgan fingerprint density at radius 2 is 2.28 bits per heavy atom. The Labute approximate surface area is 107 Å². The molecular formula is C12H22N2O4. The van der Waals surface area contributed by atoms with Gasteiger partial charge in [0, 0.05) is 19.1 Å². The number of carbonyl (C=O) groups excluding carboxylic acids is 1. The zero-order valence-corrected chi connectivity index (χ0v) is 11.0. The molecule has 18 heavy (non-hydrogen) atoms. The first-order chi connectivity index (χ1) is 8.56. The van der Waals surface area contributed by atoms with Crippen molar-refractivity contribution < 1.29 is 19.4 Å². The fourth-order valence-corrected chi connectivity index (χ4v) is 2.11. The number of amides is 1. The van der Waals surface area contributed by atoms with Gasteiger partial charge in [-0.05, 0) is 13.3 Å². The van der Waals surface area contributed by atoms with Crippen molar-refractivity contribution in [3.63, 3.8) is 0 Å². The molecule has 0 bridgehead atoms. The number of aliphatic carboxylic acids is 1. The van der Waals surface area contributed by atoms with E-state index in [0.29, 0.717) is 26.3 Å². The number of carboxylic acids is 1. The third-order valence-corrected chi connectivity index (χ3v) is 3.06. The van der Waals surface area contributed by atoms with Crippen molar-refractivity contribution in [2.75, 3.05) is 26.3 Å². The molecule has 2 N–H and O–H groups in total. The van der Waals surface area contributed by atoms with Crippen molar-refractivity contribution in [1.29, 1.82) is 0 Å². The van der Waals surface area contributed by atoms with Gasteiger partial charge >= 0.3 is 5.97 Å². The fourth-order valence-electron chi connectivity index (χ4n) is 2.11. The molecule has 0 aromatic rings. The van der Waals surface area contributed by atoms with E-state index in [4.69, 9.17) is 9.84 Å². The van der Waals surface area contributed by atoms with Crippen molar-refractivity contribution in [3.05, 3.63) is 0 Å². The monoisotopic (exact) mass is 258 g/mol. The number of hydrogen-bond acceptors (Lipinski definition) is 4. The van der Waals surface area contributed by atoms with Crippen LogP contribution in [0, 0.1) is 0 Å². The minimum absolute atomic E-state index is 0.0392. The summed E-state index contributed by atoms with van der Waals surface area (Å²) in [6, 6.07) is -0.538. The van der Waals surface area contributed by atoms with E-state index in [1.54, 1.807) is 0 Å². The molecule has 1 aliphatic rings. The first-order valence-corrected chi connectivity index (χ1v) is 6.39. The number of nitrogens with zero attached hydrogens (tertiary/aromatic N) is 1. The molecule has 1 heterocycles. The molecule has 1 saturated heterocycles. The molecule has 2 atom stereocenters. The number of ether oxygens (including phenoxy) is 1. The second-order valence-electron chi connectivity index (χ2n) is 4.57. The van der Waals surface area contributed by atoms with Crippen LogP contribution in [0.25, 0.3) is 0 Å². The fraction of sp³-hybridized carbons (Fsp3) is 0.833. The Kier molecular flexibility index (Phi) is 6.07. The van der Waals surface area contributed by atoms with Gasteiger partial charge in [-0.3, -0.25) is 14.5 Å². The molecule has 1 aliphatic heterocycles. The predicted molar refractivity (Wildman–Crippen MR) is 66.3 cm³/mol. The number of hydrogen-bond donors (Lipinski definition) is 2. The van der Waals surface area contributed by atoms with E-state index in [9.17, 15) is 9.59 Å². The summed E-state index contributed by atoms with van der Waals surface area (Å²) in [5, 5.41) is 11.7. The van der Waals surface area contributed by atoms with E-state index in [2.05, 4.69) is 5.32 Å². The van der Waals surface area contributed by atoms with E-state index in [-0.39, 0.29) is 24.4 Å². The first kappa shape index (κ1) is 14.9. The van der Waals surface area contributed by atoms with Crippen LogP contribution < -0.4 is 5.32 Å². The number of carbonyl (C=O) groups is 2. The highest BCUT2D eigenvalue weighted by Crippen LogP contribution is 2.14. The van der Waals surface area contributed by atoms with Gasteiger partial charge in [-0.25, -0.2) is 0 Å². The lowest BCUT2D eigenvalue weighted by Crippen LogP contribution is -2.57. The Hall–Kier alpha value is -1.14. The van der Waals surface area contributed by atoms with Crippen LogP contribution in [0.3, 0.4) is 0 Å². The summed E-state index contributed by atoms with van der Waals surface area (Å²) in [5.41, 5.74) is 0. The van der Waals surface area contributed by atoms with Crippen LogP contribution >= 0.6 is 0 Å².